The third-order valence-electron chi connectivity index (χ3n) is 7.69. The van der Waals surface area contributed by atoms with Gasteiger partial charge in [0.2, 0.25) is 11.8 Å². The Hall–Kier alpha value is -3.98. The molecule has 3 aromatic rings. The fourth-order valence-electron chi connectivity index (χ4n) is 4.54. The summed E-state index contributed by atoms with van der Waals surface area (Å²) >= 11 is 0. The summed E-state index contributed by atoms with van der Waals surface area (Å²) in [4.78, 5) is 32.7. The molecule has 1 aliphatic carbocycles. The van der Waals surface area contributed by atoms with Crippen LogP contribution >= 0.6 is 0 Å². The van der Waals surface area contributed by atoms with E-state index < -0.39 is 17.6 Å². The number of anilines is 1. The van der Waals surface area contributed by atoms with Gasteiger partial charge in [-0.15, -0.1) is 6.42 Å². The van der Waals surface area contributed by atoms with Crippen LogP contribution in [0.5, 0.6) is 11.8 Å². The molecule has 1 saturated heterocycles. The van der Waals surface area contributed by atoms with Crippen molar-refractivity contribution in [3.05, 3.63) is 23.8 Å². The van der Waals surface area contributed by atoms with Gasteiger partial charge >= 0.3 is 6.01 Å². The number of aliphatic hydroxyl groups is 1. The second-order valence-electron chi connectivity index (χ2n) is 10.9. The van der Waals surface area contributed by atoms with E-state index in [1.54, 1.807) is 34.1 Å². The van der Waals surface area contributed by atoms with Crippen molar-refractivity contribution in [1.82, 2.24) is 35.5 Å². The molecule has 3 aromatic heterocycles. The van der Waals surface area contributed by atoms with E-state index in [9.17, 15) is 9.90 Å². The van der Waals surface area contributed by atoms with E-state index in [1.165, 1.54) is 0 Å². The van der Waals surface area contributed by atoms with Gasteiger partial charge in [-0.05, 0) is 52.5 Å². The fourth-order valence-corrected chi connectivity index (χ4v) is 4.54. The number of nitrogens with zero attached hydrogens (tertiary/aromatic N) is 6. The van der Waals surface area contributed by atoms with Gasteiger partial charge in [-0.3, -0.25) is 9.89 Å². The van der Waals surface area contributed by atoms with Crippen LogP contribution < -0.4 is 19.7 Å². The number of piperidine rings is 1. The van der Waals surface area contributed by atoms with Gasteiger partial charge in [-0.25, -0.2) is 4.98 Å². The van der Waals surface area contributed by atoms with E-state index in [0.29, 0.717) is 24.7 Å². The zero-order chi connectivity index (χ0) is 27.8. The maximum atomic E-state index is 13.0. The van der Waals surface area contributed by atoms with Crippen molar-refractivity contribution in [2.24, 2.45) is 5.41 Å². The third-order valence-corrected chi connectivity index (χ3v) is 7.69. The highest BCUT2D eigenvalue weighted by Gasteiger charge is 2.42. The lowest BCUT2D eigenvalue weighted by Crippen LogP contribution is -2.47. The third kappa shape index (κ3) is 5.59. The maximum Gasteiger partial charge on any atom is 0.322 e. The Morgan fingerprint density at radius 1 is 1.33 bits per heavy atom. The summed E-state index contributed by atoms with van der Waals surface area (Å²) < 4.78 is 11.4. The topological polar surface area (TPSA) is 151 Å². The monoisotopic (exact) mass is 534 g/mol. The van der Waals surface area contributed by atoms with Crippen molar-refractivity contribution >= 4 is 22.9 Å². The summed E-state index contributed by atoms with van der Waals surface area (Å²) in [6.45, 7) is 6.52. The van der Waals surface area contributed by atoms with Gasteiger partial charge in [0.05, 0.1) is 35.2 Å². The molecule has 1 saturated carbocycles. The molecule has 5 rings (SSSR count). The molecule has 3 N–H and O–H groups in total. The number of pyridine rings is 1. The molecule has 0 radical (unpaired) electrons. The Bertz CT molecular complexity index is 1400. The van der Waals surface area contributed by atoms with Crippen LogP contribution in [0, 0.1) is 17.8 Å². The number of aromatic nitrogens is 6. The predicted molar refractivity (Wildman–Crippen MR) is 144 cm³/mol. The maximum absolute atomic E-state index is 13.0. The first-order chi connectivity index (χ1) is 18.6. The van der Waals surface area contributed by atoms with E-state index >= 15 is 0 Å². The van der Waals surface area contributed by atoms with Gasteiger partial charge in [-0.2, -0.15) is 20.1 Å². The highest BCUT2D eigenvalue weighted by Crippen LogP contribution is 2.45. The number of aromatic amines is 1. The minimum atomic E-state index is -1.12. The molecule has 1 atom stereocenters. The van der Waals surface area contributed by atoms with Crippen LogP contribution in [0.3, 0.4) is 0 Å². The van der Waals surface area contributed by atoms with Gasteiger partial charge in [0.1, 0.15) is 12.4 Å². The molecule has 0 spiro atoms. The van der Waals surface area contributed by atoms with Crippen LogP contribution in [0.1, 0.15) is 68.7 Å². The smallest absolute Gasteiger partial charge is 0.322 e. The number of H-pyrrole nitrogens is 1. The molecule has 1 amide bonds. The number of fused-ring (bicyclic) bond motifs is 1. The molecule has 12 nitrogen and oxygen atoms in total. The Kier molecular flexibility index (Phi) is 7.03. The first-order valence-electron chi connectivity index (χ1n) is 13.1. The average molecular weight is 535 g/mol. The molecule has 0 bridgehead atoms. The standard InChI is InChI=1S/C27H34N8O4/c1-6-27(10-11-27)15-39-25-31-22(23(36)29-16(2)26(3,4)37)30-24(32-25)35-13-8-17(9-14-35)20-19-18(38-5)7-12-28-21(19)34-33-20/h1,7,12,16-17,37H,8-11,13-15H2,2-5H3,(H,29,36)(H,28,33,34)/t16-/m1/s1. The zero-order valence-electron chi connectivity index (χ0n) is 22.7. The highest BCUT2D eigenvalue weighted by atomic mass is 16.5. The predicted octanol–water partition coefficient (Wildman–Crippen LogP) is 2.22. The Morgan fingerprint density at radius 3 is 2.72 bits per heavy atom. The van der Waals surface area contributed by atoms with Crippen LogP contribution in [0.15, 0.2) is 12.3 Å². The highest BCUT2D eigenvalue weighted by molar-refractivity contribution is 5.91. The number of hydrogen-bond donors (Lipinski definition) is 3. The number of carbonyl (C=O) groups is 1. The van der Waals surface area contributed by atoms with Gasteiger partial charge in [0.25, 0.3) is 5.91 Å². The number of carbonyl (C=O) groups excluding carboxylic acids is 1. The van der Waals surface area contributed by atoms with Gasteiger partial charge in [-0.1, -0.05) is 5.92 Å². The number of terminal acetylenes is 1. The van der Waals surface area contributed by atoms with Crippen molar-refractivity contribution in [2.75, 3.05) is 31.7 Å². The van der Waals surface area contributed by atoms with E-state index in [1.807, 2.05) is 11.0 Å². The quantitative estimate of drug-likeness (QED) is 0.349. The first-order valence-corrected chi connectivity index (χ1v) is 13.1. The number of rotatable bonds is 9. The Balaban J connectivity index is 1.36. The van der Waals surface area contributed by atoms with E-state index in [4.69, 9.17) is 15.9 Å². The second-order valence-corrected chi connectivity index (χ2v) is 10.9. The van der Waals surface area contributed by atoms with Crippen molar-refractivity contribution in [2.45, 2.75) is 64.0 Å². The van der Waals surface area contributed by atoms with E-state index in [2.05, 4.69) is 41.4 Å². The zero-order valence-corrected chi connectivity index (χ0v) is 22.7. The van der Waals surface area contributed by atoms with Crippen LogP contribution in [-0.4, -0.2) is 79.6 Å². The molecule has 206 valence electrons. The molecule has 0 aromatic carbocycles. The van der Waals surface area contributed by atoms with Crippen LogP contribution in [0.4, 0.5) is 5.95 Å². The lowest BCUT2D eigenvalue weighted by Gasteiger charge is -2.31. The molecule has 2 aliphatic rings. The molecule has 0 unspecified atom stereocenters. The fraction of sp³-hybridized carbons (Fsp3) is 0.556. The van der Waals surface area contributed by atoms with Crippen molar-refractivity contribution in [3.63, 3.8) is 0 Å². The van der Waals surface area contributed by atoms with Gasteiger partial charge in [0, 0.05) is 25.2 Å². The first kappa shape index (κ1) is 26.6. The summed E-state index contributed by atoms with van der Waals surface area (Å²) in [5.41, 5.74) is 0.207. The molecule has 12 heteroatoms. The molecule has 4 heterocycles. The minimum Gasteiger partial charge on any atom is -0.496 e. The number of nitrogens with one attached hydrogen (secondary N) is 2. The summed E-state index contributed by atoms with van der Waals surface area (Å²) in [5.74, 6) is 3.47. The summed E-state index contributed by atoms with van der Waals surface area (Å²) in [6.07, 6.45) is 10.7. The van der Waals surface area contributed by atoms with Crippen molar-refractivity contribution in [1.29, 1.82) is 0 Å². The number of hydrogen-bond acceptors (Lipinski definition) is 10. The second kappa shape index (κ2) is 10.3. The summed E-state index contributed by atoms with van der Waals surface area (Å²) in [7, 11) is 1.64. The number of amides is 1. The van der Waals surface area contributed by atoms with Crippen LogP contribution in [0.25, 0.3) is 11.0 Å². The molecular weight excluding hydrogens is 500 g/mol. The molecule has 39 heavy (non-hydrogen) atoms. The minimum absolute atomic E-state index is 0.0545. The van der Waals surface area contributed by atoms with Crippen LogP contribution in [-0.2, 0) is 0 Å². The molecule has 1 aliphatic heterocycles. The SMILES string of the molecule is C#CC1(COc2nc(C(=O)N[C@H](C)C(C)(C)O)nc(N3CCC(c4n[nH]c5nccc(OC)c45)CC3)n2)CC1. The molecular formula is C27H34N8O4. The number of methoxy groups -OCH3 is 1. The molecule has 2 fully saturated rings. The lowest BCUT2D eigenvalue weighted by molar-refractivity contribution is 0.0405. The summed E-state index contributed by atoms with van der Waals surface area (Å²) in [5, 5.41) is 21.5. The van der Waals surface area contributed by atoms with E-state index in [-0.39, 0.29) is 29.8 Å². The van der Waals surface area contributed by atoms with Crippen molar-refractivity contribution in [3.8, 4) is 24.1 Å². The Labute approximate surface area is 226 Å². The summed E-state index contributed by atoms with van der Waals surface area (Å²) in [6, 6.07) is 1.36. The average Bonchev–Trinajstić information content (AvgIpc) is 3.60. The van der Waals surface area contributed by atoms with Gasteiger partial charge in [0.15, 0.2) is 5.65 Å². The normalized spacial score (nSPS) is 17.9. The Morgan fingerprint density at radius 2 is 2.08 bits per heavy atom. The number of ether oxygens (including phenoxy) is 2. The van der Waals surface area contributed by atoms with Crippen LogP contribution in [0.2, 0.25) is 0 Å². The van der Waals surface area contributed by atoms with Gasteiger partial charge < -0.3 is 24.8 Å². The largest absolute Gasteiger partial charge is 0.496 e. The lowest BCUT2D eigenvalue weighted by atomic mass is 9.92. The van der Waals surface area contributed by atoms with Crippen molar-refractivity contribution < 1.29 is 19.4 Å². The van der Waals surface area contributed by atoms with E-state index in [0.717, 1.165) is 42.5 Å².